The number of para-hydroxylation sites is 1. The van der Waals surface area contributed by atoms with E-state index < -0.39 is 5.41 Å². The minimum atomic E-state index is -0.430. The molecule has 0 amide bonds. The zero-order valence-corrected chi connectivity index (χ0v) is 21.0. The van der Waals surface area contributed by atoms with Crippen molar-refractivity contribution in [2.45, 2.75) is 57.8 Å². The minimum Gasteiger partial charge on any atom is -0.508 e. The van der Waals surface area contributed by atoms with Crippen molar-refractivity contribution in [1.82, 2.24) is 9.97 Å². The third-order valence-corrected chi connectivity index (χ3v) is 7.22. The van der Waals surface area contributed by atoms with E-state index in [1.54, 1.807) is 6.07 Å². The van der Waals surface area contributed by atoms with E-state index >= 15 is 0 Å². The number of nitrogens with zero attached hydrogens (tertiary/aromatic N) is 2. The molecule has 2 aromatic carbocycles. The quantitative estimate of drug-likeness (QED) is 0.339. The third kappa shape index (κ3) is 4.23. The van der Waals surface area contributed by atoms with Gasteiger partial charge in [0.2, 0.25) is 0 Å². The molecule has 0 aliphatic rings. The molecule has 34 heavy (non-hydrogen) atoms. The summed E-state index contributed by atoms with van der Waals surface area (Å²) in [4.78, 5) is 9.76. The van der Waals surface area contributed by atoms with Gasteiger partial charge in [-0.3, -0.25) is 9.97 Å². The molecule has 3 heteroatoms. The van der Waals surface area contributed by atoms with E-state index in [-0.39, 0.29) is 10.8 Å². The summed E-state index contributed by atoms with van der Waals surface area (Å²) in [6.07, 6.45) is 1.85. The Balaban J connectivity index is 1.74. The van der Waals surface area contributed by atoms with Crippen LogP contribution in [0.4, 0.5) is 0 Å². The van der Waals surface area contributed by atoms with Crippen molar-refractivity contribution in [3.05, 3.63) is 125 Å². The lowest BCUT2D eigenvalue weighted by Crippen LogP contribution is -2.26. The average molecular weight is 451 g/mol. The van der Waals surface area contributed by atoms with Crippen LogP contribution in [0.15, 0.2) is 91.1 Å². The Morgan fingerprint density at radius 2 is 1.09 bits per heavy atom. The van der Waals surface area contributed by atoms with E-state index in [0.717, 1.165) is 22.6 Å². The van der Waals surface area contributed by atoms with Gasteiger partial charge in [0.1, 0.15) is 5.75 Å². The zero-order valence-electron chi connectivity index (χ0n) is 21.0. The van der Waals surface area contributed by atoms with Crippen molar-refractivity contribution in [3.63, 3.8) is 0 Å². The van der Waals surface area contributed by atoms with Gasteiger partial charge < -0.3 is 5.11 Å². The smallest absolute Gasteiger partial charge is 0.119 e. The van der Waals surface area contributed by atoms with Gasteiger partial charge in [0.15, 0.2) is 0 Å². The Morgan fingerprint density at radius 3 is 1.71 bits per heavy atom. The molecule has 0 aliphatic carbocycles. The van der Waals surface area contributed by atoms with Crippen LogP contribution in [0.5, 0.6) is 5.75 Å². The highest BCUT2D eigenvalue weighted by Crippen LogP contribution is 2.39. The maximum Gasteiger partial charge on any atom is 0.119 e. The van der Waals surface area contributed by atoms with Crippen LogP contribution in [-0.4, -0.2) is 15.1 Å². The van der Waals surface area contributed by atoms with E-state index in [1.165, 1.54) is 11.1 Å². The monoisotopic (exact) mass is 450 g/mol. The highest BCUT2D eigenvalue weighted by molar-refractivity contribution is 5.45. The number of phenolic OH excluding ortho intramolecular Hbond substituents is 1. The molecule has 0 saturated carbocycles. The molecule has 0 unspecified atom stereocenters. The minimum absolute atomic E-state index is 0.213. The Kier molecular flexibility index (Phi) is 6.07. The molecule has 4 rings (SSSR count). The number of pyridine rings is 2. The van der Waals surface area contributed by atoms with Crippen LogP contribution in [-0.2, 0) is 16.2 Å². The summed E-state index contributed by atoms with van der Waals surface area (Å²) in [7, 11) is 0. The Bertz CT molecular complexity index is 1290. The molecule has 0 spiro atoms. The fourth-order valence-electron chi connectivity index (χ4n) is 4.60. The second kappa shape index (κ2) is 8.72. The summed E-state index contributed by atoms with van der Waals surface area (Å²) in [6, 6.07) is 28.6. The maximum atomic E-state index is 10.5. The molecule has 0 aliphatic heterocycles. The van der Waals surface area contributed by atoms with Crippen molar-refractivity contribution >= 4 is 0 Å². The number of hydrogen-bond donors (Lipinski definition) is 1. The zero-order chi connectivity index (χ0) is 24.6. The van der Waals surface area contributed by atoms with Gasteiger partial charge in [0, 0.05) is 28.0 Å². The van der Waals surface area contributed by atoms with Crippen LogP contribution in [0.1, 0.15) is 75.3 Å². The number of phenols is 1. The molecule has 174 valence electrons. The van der Waals surface area contributed by atoms with Crippen LogP contribution in [0, 0.1) is 0 Å². The largest absolute Gasteiger partial charge is 0.508 e. The summed E-state index contributed by atoms with van der Waals surface area (Å²) < 4.78 is 0. The number of hydrogen-bond acceptors (Lipinski definition) is 3. The molecule has 3 nitrogen and oxygen atoms in total. The van der Waals surface area contributed by atoms with E-state index in [9.17, 15) is 5.11 Å². The molecule has 0 radical (unpaired) electrons. The maximum absolute atomic E-state index is 10.5. The van der Waals surface area contributed by atoms with Gasteiger partial charge in [0.25, 0.3) is 0 Å². The average Bonchev–Trinajstić information content (AvgIpc) is 2.85. The summed E-state index contributed by atoms with van der Waals surface area (Å²) >= 11 is 0. The lowest BCUT2D eigenvalue weighted by Gasteiger charge is -2.31. The molecule has 0 bridgehead atoms. The van der Waals surface area contributed by atoms with Gasteiger partial charge in [-0.2, -0.15) is 0 Å². The van der Waals surface area contributed by atoms with E-state index in [1.807, 2.05) is 42.6 Å². The fraction of sp³-hybridized carbons (Fsp3) is 0.290. The van der Waals surface area contributed by atoms with Crippen LogP contribution in [0.3, 0.4) is 0 Å². The number of aromatic hydroxyl groups is 1. The van der Waals surface area contributed by atoms with E-state index in [2.05, 4.69) is 89.0 Å². The highest BCUT2D eigenvalue weighted by atomic mass is 16.3. The van der Waals surface area contributed by atoms with Gasteiger partial charge in [-0.1, -0.05) is 96.1 Å². The molecule has 2 aromatic heterocycles. The molecule has 0 saturated heterocycles. The van der Waals surface area contributed by atoms with E-state index in [0.29, 0.717) is 5.75 Å². The predicted octanol–water partition coefficient (Wildman–Crippen LogP) is 7.16. The van der Waals surface area contributed by atoms with Crippen LogP contribution in [0.25, 0.3) is 0 Å². The normalized spacial score (nSPS) is 12.5. The van der Waals surface area contributed by atoms with Crippen molar-refractivity contribution in [1.29, 1.82) is 0 Å². The van der Waals surface area contributed by atoms with E-state index in [4.69, 9.17) is 4.98 Å². The topological polar surface area (TPSA) is 46.0 Å². The number of benzene rings is 2. The molecular formula is C31H34N2O. The summed E-state index contributed by atoms with van der Waals surface area (Å²) in [5.41, 5.74) is 5.34. The number of rotatable bonds is 6. The Labute approximate surface area is 203 Å². The van der Waals surface area contributed by atoms with Crippen molar-refractivity contribution in [2.75, 3.05) is 0 Å². The summed E-state index contributed by atoms with van der Waals surface area (Å²) in [5, 5.41) is 10.5. The van der Waals surface area contributed by atoms with Crippen LogP contribution in [0.2, 0.25) is 0 Å². The standard InChI is InChI=1S/C31H34N2O/c1-29(2,26-17-9-10-20-32-26)22-13-11-14-23(21-22)30(3,4)27-18-12-19-28(33-27)31(5,6)24-15-7-8-16-25(24)34/h7-21,34H,1-6H3. The molecule has 2 heterocycles. The molecule has 0 fully saturated rings. The van der Waals surface area contributed by atoms with Crippen molar-refractivity contribution < 1.29 is 5.11 Å². The third-order valence-electron chi connectivity index (χ3n) is 7.22. The first kappa shape index (κ1) is 23.7. The second-order valence-electron chi connectivity index (χ2n) is 10.6. The fourth-order valence-corrected chi connectivity index (χ4v) is 4.60. The number of aromatic nitrogens is 2. The Hall–Kier alpha value is -3.46. The van der Waals surface area contributed by atoms with Crippen molar-refractivity contribution in [3.8, 4) is 5.75 Å². The van der Waals surface area contributed by atoms with Gasteiger partial charge in [0.05, 0.1) is 17.1 Å². The van der Waals surface area contributed by atoms with Gasteiger partial charge in [-0.05, 0) is 41.5 Å². The van der Waals surface area contributed by atoms with Gasteiger partial charge in [-0.15, -0.1) is 0 Å². The summed E-state index contributed by atoms with van der Waals surface area (Å²) in [5.74, 6) is 0.295. The molecular weight excluding hydrogens is 416 g/mol. The highest BCUT2D eigenvalue weighted by Gasteiger charge is 2.32. The lowest BCUT2D eigenvalue weighted by molar-refractivity contribution is 0.450. The SMILES string of the molecule is CC(C)(c1cccc(C(C)(C)c2cccc(C(C)(C)c3ccccc3O)n2)c1)c1ccccn1. The van der Waals surface area contributed by atoms with Crippen LogP contribution >= 0.6 is 0 Å². The van der Waals surface area contributed by atoms with Gasteiger partial charge in [-0.25, -0.2) is 0 Å². The Morgan fingerprint density at radius 1 is 0.559 bits per heavy atom. The lowest BCUT2D eigenvalue weighted by atomic mass is 9.75. The summed E-state index contributed by atoms with van der Waals surface area (Å²) in [6.45, 7) is 13.1. The van der Waals surface area contributed by atoms with Crippen LogP contribution < -0.4 is 0 Å². The second-order valence-corrected chi connectivity index (χ2v) is 10.6. The van der Waals surface area contributed by atoms with Crippen molar-refractivity contribution in [2.24, 2.45) is 0 Å². The molecule has 0 atom stereocenters. The first-order chi connectivity index (χ1) is 16.0. The first-order valence-corrected chi connectivity index (χ1v) is 11.8. The molecule has 4 aromatic rings. The molecule has 1 N–H and O–H groups in total. The van der Waals surface area contributed by atoms with Gasteiger partial charge >= 0.3 is 0 Å². The predicted molar refractivity (Wildman–Crippen MR) is 139 cm³/mol. The first-order valence-electron chi connectivity index (χ1n) is 11.8.